The summed E-state index contributed by atoms with van der Waals surface area (Å²) >= 11 is 0. The number of halogens is 2. The molecule has 0 bridgehead atoms. The van der Waals surface area contributed by atoms with Crippen LogP contribution < -0.4 is 15.0 Å². The molecule has 39 heavy (non-hydrogen) atoms. The number of hydrogen-bond donors (Lipinski definition) is 1. The number of nitrogens with zero attached hydrogens (tertiary/aromatic N) is 4. The van der Waals surface area contributed by atoms with Crippen LogP contribution in [0.25, 0.3) is 5.65 Å². The maximum Gasteiger partial charge on any atom is 0.407 e. The lowest BCUT2D eigenvalue weighted by Gasteiger charge is -2.27. The van der Waals surface area contributed by atoms with E-state index in [1.54, 1.807) is 44.9 Å². The van der Waals surface area contributed by atoms with Crippen LogP contribution in [0.2, 0.25) is 0 Å². The third-order valence-corrected chi connectivity index (χ3v) is 5.97. The summed E-state index contributed by atoms with van der Waals surface area (Å²) in [4.78, 5) is 30.5. The molecule has 0 radical (unpaired) electrons. The van der Waals surface area contributed by atoms with Crippen molar-refractivity contribution in [2.45, 2.75) is 58.4 Å². The van der Waals surface area contributed by atoms with Crippen molar-refractivity contribution in [1.29, 1.82) is 0 Å². The third kappa shape index (κ3) is 6.92. The number of benzene rings is 1. The van der Waals surface area contributed by atoms with E-state index in [0.717, 1.165) is 0 Å². The molecule has 1 N–H and O–H groups in total. The third-order valence-electron chi connectivity index (χ3n) is 5.97. The Kier molecular flexibility index (Phi) is 8.51. The first-order valence-electron chi connectivity index (χ1n) is 12.9. The molecule has 3 heterocycles. The molecule has 0 saturated carbocycles. The van der Waals surface area contributed by atoms with Gasteiger partial charge in [-0.3, -0.25) is 0 Å². The van der Waals surface area contributed by atoms with E-state index >= 15 is 0 Å². The quantitative estimate of drug-likeness (QED) is 0.307. The van der Waals surface area contributed by atoms with Gasteiger partial charge >= 0.3 is 12.1 Å². The molecular weight excluding hydrogens is 512 g/mol. The standard InChI is InChI=1S/C27H33F2N5O5/c1-5-37-25(35)20-15-31-34-11-9-23(32-24(20)34)33-16-18(29)14-21(33)19-13-17(28)7-8-22(19)38-12-6-10-30-26(36)39-27(2,3)4/h7-9,11,13,15,18,21H,5-6,10,12,14,16H2,1-4H3,(H,30,36)/t18-,21+/m0/s1. The summed E-state index contributed by atoms with van der Waals surface area (Å²) in [7, 11) is 0. The van der Waals surface area contributed by atoms with Crippen molar-refractivity contribution >= 4 is 23.5 Å². The molecule has 1 aliphatic heterocycles. The van der Waals surface area contributed by atoms with Gasteiger partial charge in [0.05, 0.1) is 32.0 Å². The predicted molar refractivity (Wildman–Crippen MR) is 139 cm³/mol. The molecule has 10 nitrogen and oxygen atoms in total. The average Bonchev–Trinajstić information content (AvgIpc) is 3.46. The van der Waals surface area contributed by atoms with Crippen LogP contribution in [-0.4, -0.2) is 64.7 Å². The molecule has 0 unspecified atom stereocenters. The largest absolute Gasteiger partial charge is 0.493 e. The number of aromatic nitrogens is 3. The molecule has 12 heteroatoms. The number of alkyl halides is 1. The lowest BCUT2D eigenvalue weighted by atomic mass is 10.0. The number of ether oxygens (including phenoxy) is 3. The van der Waals surface area contributed by atoms with Crippen LogP contribution in [0.15, 0.2) is 36.7 Å². The van der Waals surface area contributed by atoms with Crippen molar-refractivity contribution in [2.75, 3.05) is 31.2 Å². The van der Waals surface area contributed by atoms with Gasteiger partial charge < -0.3 is 24.4 Å². The highest BCUT2D eigenvalue weighted by molar-refractivity contribution is 5.95. The molecule has 0 aliphatic carbocycles. The topological polar surface area (TPSA) is 107 Å². The minimum absolute atomic E-state index is 0.0342. The van der Waals surface area contributed by atoms with E-state index in [9.17, 15) is 18.4 Å². The maximum absolute atomic E-state index is 14.8. The van der Waals surface area contributed by atoms with E-state index in [1.807, 2.05) is 0 Å². The zero-order chi connectivity index (χ0) is 28.2. The van der Waals surface area contributed by atoms with E-state index in [2.05, 4.69) is 15.4 Å². The molecule has 1 amide bonds. The number of alkyl carbamates (subject to hydrolysis) is 1. The Bertz CT molecular complexity index is 1330. The van der Waals surface area contributed by atoms with Gasteiger partial charge in [0, 0.05) is 24.7 Å². The van der Waals surface area contributed by atoms with Gasteiger partial charge in [0.2, 0.25) is 0 Å². The van der Waals surface area contributed by atoms with E-state index in [-0.39, 0.29) is 37.4 Å². The molecule has 210 valence electrons. The first kappa shape index (κ1) is 28.1. The van der Waals surface area contributed by atoms with Gasteiger partial charge in [-0.05, 0) is 58.4 Å². The molecule has 3 aromatic rings. The summed E-state index contributed by atoms with van der Waals surface area (Å²) in [6.07, 6.45) is 1.89. The fourth-order valence-corrected chi connectivity index (χ4v) is 4.37. The van der Waals surface area contributed by atoms with E-state index in [1.165, 1.54) is 28.9 Å². The summed E-state index contributed by atoms with van der Waals surface area (Å²) in [5.74, 6) is -0.207. The van der Waals surface area contributed by atoms with E-state index in [4.69, 9.17) is 14.2 Å². The van der Waals surface area contributed by atoms with Crippen LogP contribution in [0.4, 0.5) is 19.4 Å². The molecule has 2 atom stereocenters. The van der Waals surface area contributed by atoms with Gasteiger partial charge in [-0.2, -0.15) is 5.10 Å². The Morgan fingerprint density at radius 2 is 2.03 bits per heavy atom. The Hall–Kier alpha value is -3.96. The smallest absolute Gasteiger partial charge is 0.407 e. The number of anilines is 1. The Balaban J connectivity index is 1.51. The van der Waals surface area contributed by atoms with Crippen molar-refractivity contribution in [3.8, 4) is 5.75 Å². The SMILES string of the molecule is CCOC(=O)c1cnn2ccc(N3C[C@@H](F)C[C@@H]3c3cc(F)ccc3OCCCNC(=O)OC(C)(C)C)nc12. The number of nitrogens with one attached hydrogen (secondary N) is 1. The first-order chi connectivity index (χ1) is 18.6. The maximum atomic E-state index is 14.8. The predicted octanol–water partition coefficient (Wildman–Crippen LogP) is 4.63. The Labute approximate surface area is 225 Å². The molecule has 1 aliphatic rings. The molecular formula is C27H33F2N5O5. The first-order valence-corrected chi connectivity index (χ1v) is 12.9. The highest BCUT2D eigenvalue weighted by atomic mass is 19.1. The second kappa shape index (κ2) is 11.8. The van der Waals surface area contributed by atoms with Gasteiger partial charge in [0.1, 0.15) is 34.7 Å². The zero-order valence-electron chi connectivity index (χ0n) is 22.4. The number of fused-ring (bicyclic) bond motifs is 1. The van der Waals surface area contributed by atoms with E-state index in [0.29, 0.717) is 30.1 Å². The fraction of sp³-hybridized carbons (Fsp3) is 0.481. The van der Waals surface area contributed by atoms with Gasteiger partial charge in [0.25, 0.3) is 0 Å². The number of rotatable bonds is 9. The number of amides is 1. The van der Waals surface area contributed by atoms with Gasteiger partial charge in [-0.1, -0.05) is 0 Å². The molecule has 2 aromatic heterocycles. The molecule has 1 fully saturated rings. The number of hydrogen-bond acceptors (Lipinski definition) is 8. The highest BCUT2D eigenvalue weighted by Gasteiger charge is 2.36. The second-order valence-electron chi connectivity index (χ2n) is 10.1. The number of esters is 1. The molecule has 1 saturated heterocycles. The Morgan fingerprint density at radius 3 is 2.77 bits per heavy atom. The number of carbonyl (C=O) groups is 2. The fourth-order valence-electron chi connectivity index (χ4n) is 4.37. The van der Waals surface area contributed by atoms with Gasteiger partial charge in [-0.25, -0.2) is 27.9 Å². The van der Waals surface area contributed by atoms with Crippen molar-refractivity contribution in [3.63, 3.8) is 0 Å². The van der Waals surface area contributed by atoms with Crippen molar-refractivity contribution < 1.29 is 32.6 Å². The van der Waals surface area contributed by atoms with Crippen LogP contribution >= 0.6 is 0 Å². The summed E-state index contributed by atoms with van der Waals surface area (Å²) in [5, 5.41) is 6.81. The summed E-state index contributed by atoms with van der Waals surface area (Å²) < 4.78 is 46.8. The average molecular weight is 546 g/mol. The molecule has 4 rings (SSSR count). The molecule has 0 spiro atoms. The van der Waals surface area contributed by atoms with Crippen LogP contribution in [0.3, 0.4) is 0 Å². The monoisotopic (exact) mass is 545 g/mol. The Morgan fingerprint density at radius 1 is 1.23 bits per heavy atom. The van der Waals surface area contributed by atoms with Crippen LogP contribution in [0, 0.1) is 5.82 Å². The van der Waals surface area contributed by atoms with Crippen molar-refractivity contribution in [3.05, 3.63) is 53.6 Å². The van der Waals surface area contributed by atoms with Crippen LogP contribution in [0.1, 0.15) is 62.5 Å². The minimum atomic E-state index is -1.18. The van der Waals surface area contributed by atoms with Crippen LogP contribution in [0.5, 0.6) is 5.75 Å². The lowest BCUT2D eigenvalue weighted by Crippen LogP contribution is -2.33. The second-order valence-corrected chi connectivity index (χ2v) is 10.1. The number of carbonyl (C=O) groups excluding carboxylic acids is 2. The lowest BCUT2D eigenvalue weighted by molar-refractivity contribution is 0.0516. The van der Waals surface area contributed by atoms with E-state index < -0.39 is 35.7 Å². The van der Waals surface area contributed by atoms with Crippen molar-refractivity contribution in [1.82, 2.24) is 19.9 Å². The van der Waals surface area contributed by atoms with Crippen LogP contribution in [-0.2, 0) is 9.47 Å². The molecule has 1 aromatic carbocycles. The summed E-state index contributed by atoms with van der Waals surface area (Å²) in [6.45, 7) is 7.84. The van der Waals surface area contributed by atoms with Crippen molar-refractivity contribution in [2.24, 2.45) is 0 Å². The highest BCUT2D eigenvalue weighted by Crippen LogP contribution is 2.41. The normalized spacial score (nSPS) is 17.3. The zero-order valence-corrected chi connectivity index (χ0v) is 22.4. The van der Waals surface area contributed by atoms with Gasteiger partial charge in [0.15, 0.2) is 5.65 Å². The van der Waals surface area contributed by atoms with Gasteiger partial charge in [-0.15, -0.1) is 0 Å². The minimum Gasteiger partial charge on any atom is -0.493 e. The summed E-state index contributed by atoms with van der Waals surface area (Å²) in [6, 6.07) is 5.25. The summed E-state index contributed by atoms with van der Waals surface area (Å²) in [5.41, 5.74) is 0.361.